The molecule has 0 amide bonds. The average Bonchev–Trinajstić information content (AvgIpc) is 2.64. The van der Waals surface area contributed by atoms with Crippen molar-refractivity contribution in [1.82, 2.24) is 4.98 Å². The molecular weight excluding hydrogens is 365 g/mol. The highest BCUT2D eigenvalue weighted by Crippen LogP contribution is 2.20. The highest BCUT2D eigenvalue weighted by Gasteiger charge is 2.17. The minimum absolute atomic E-state index is 0.215. The summed E-state index contributed by atoms with van der Waals surface area (Å²) in [6.07, 6.45) is 1.50. The van der Waals surface area contributed by atoms with Crippen LogP contribution in [0, 0.1) is 19.7 Å². The lowest BCUT2D eigenvalue weighted by Gasteiger charge is -2.11. The summed E-state index contributed by atoms with van der Waals surface area (Å²) in [5.74, 6) is -0.0665. The number of nitrogens with one attached hydrogen (secondary N) is 2. The number of aryl methyl sites for hydroxylation is 2. The Hall–Kier alpha value is -2.93. The summed E-state index contributed by atoms with van der Waals surface area (Å²) in [5.41, 5.74) is 2.73. The van der Waals surface area contributed by atoms with Crippen molar-refractivity contribution in [1.29, 1.82) is 0 Å². The summed E-state index contributed by atoms with van der Waals surface area (Å²) in [4.78, 5) is 4.36. The van der Waals surface area contributed by atoms with Gasteiger partial charge in [0.25, 0.3) is 10.0 Å². The van der Waals surface area contributed by atoms with Gasteiger partial charge in [0, 0.05) is 12.1 Å². The monoisotopic (exact) mass is 385 g/mol. The maximum Gasteiger partial charge on any atom is 0.263 e. The normalized spacial score (nSPS) is 11.2. The number of aromatic nitrogens is 1. The summed E-state index contributed by atoms with van der Waals surface area (Å²) in [7, 11) is -3.72. The number of nitrogens with zero attached hydrogens (tertiary/aromatic N) is 1. The molecule has 0 aliphatic heterocycles. The molecule has 5 nitrogen and oxygen atoms in total. The Morgan fingerprint density at radius 2 is 1.81 bits per heavy atom. The van der Waals surface area contributed by atoms with Crippen LogP contribution in [0.3, 0.4) is 0 Å². The zero-order chi connectivity index (χ0) is 19.4. The van der Waals surface area contributed by atoms with Crippen molar-refractivity contribution < 1.29 is 12.8 Å². The van der Waals surface area contributed by atoms with Gasteiger partial charge in [-0.1, -0.05) is 30.3 Å². The molecule has 0 radical (unpaired) electrons. The van der Waals surface area contributed by atoms with Crippen LogP contribution in [0.25, 0.3) is 0 Å². The van der Waals surface area contributed by atoms with Gasteiger partial charge in [0.05, 0.1) is 16.8 Å². The second kappa shape index (κ2) is 7.75. The van der Waals surface area contributed by atoms with Crippen LogP contribution in [0.15, 0.2) is 65.7 Å². The van der Waals surface area contributed by atoms with Gasteiger partial charge in [-0.3, -0.25) is 4.72 Å². The molecule has 3 aromatic rings. The molecule has 0 aliphatic rings. The van der Waals surface area contributed by atoms with Gasteiger partial charge in [-0.25, -0.2) is 17.8 Å². The van der Waals surface area contributed by atoms with Crippen molar-refractivity contribution >= 4 is 21.5 Å². The van der Waals surface area contributed by atoms with Gasteiger partial charge < -0.3 is 5.32 Å². The molecule has 0 aliphatic carbocycles. The van der Waals surface area contributed by atoms with Gasteiger partial charge in [-0.05, 0) is 49.2 Å². The van der Waals surface area contributed by atoms with E-state index in [0.717, 1.165) is 5.56 Å². The van der Waals surface area contributed by atoms with Crippen molar-refractivity contribution in [3.63, 3.8) is 0 Å². The second-order valence-corrected chi connectivity index (χ2v) is 7.90. The Kier molecular flexibility index (Phi) is 5.41. The summed E-state index contributed by atoms with van der Waals surface area (Å²) in [6.45, 7) is 3.89. The van der Waals surface area contributed by atoms with Crippen LogP contribution < -0.4 is 10.0 Å². The summed E-state index contributed by atoms with van der Waals surface area (Å²) in [6, 6.07) is 15.0. The molecule has 2 aromatic carbocycles. The van der Waals surface area contributed by atoms with E-state index in [1.54, 1.807) is 49.4 Å². The Bertz CT molecular complexity index is 1050. The SMILES string of the molecule is Cc1ccc(C)c(S(=O)(=O)Nc2ccc(NCc3ccccc3F)cn2)c1. The van der Waals surface area contributed by atoms with E-state index in [1.807, 2.05) is 13.0 Å². The van der Waals surface area contributed by atoms with Crippen LogP contribution in [-0.2, 0) is 16.6 Å². The van der Waals surface area contributed by atoms with E-state index < -0.39 is 10.0 Å². The van der Waals surface area contributed by atoms with E-state index >= 15 is 0 Å². The molecule has 0 atom stereocenters. The summed E-state index contributed by atoms with van der Waals surface area (Å²) in [5, 5.41) is 3.06. The molecule has 2 N–H and O–H groups in total. The van der Waals surface area contributed by atoms with Crippen LogP contribution in [0.2, 0.25) is 0 Å². The van der Waals surface area contributed by atoms with Crippen molar-refractivity contribution in [3.8, 4) is 0 Å². The number of anilines is 2. The first-order chi connectivity index (χ1) is 12.8. The summed E-state index contributed by atoms with van der Waals surface area (Å²) < 4.78 is 41.3. The maximum atomic E-state index is 13.6. The third-order valence-electron chi connectivity index (χ3n) is 4.08. The summed E-state index contributed by atoms with van der Waals surface area (Å²) >= 11 is 0. The highest BCUT2D eigenvalue weighted by molar-refractivity contribution is 7.92. The third kappa shape index (κ3) is 4.62. The average molecular weight is 385 g/mol. The lowest BCUT2D eigenvalue weighted by atomic mass is 10.2. The van der Waals surface area contributed by atoms with E-state index in [0.29, 0.717) is 23.4 Å². The molecule has 7 heteroatoms. The van der Waals surface area contributed by atoms with E-state index in [-0.39, 0.29) is 16.5 Å². The second-order valence-electron chi connectivity index (χ2n) is 6.25. The minimum Gasteiger partial charge on any atom is -0.380 e. The molecule has 3 rings (SSSR count). The molecule has 1 heterocycles. The molecule has 27 heavy (non-hydrogen) atoms. The predicted octanol–water partition coefficient (Wildman–Crippen LogP) is 4.25. The van der Waals surface area contributed by atoms with E-state index in [1.165, 1.54) is 12.3 Å². The number of rotatable bonds is 6. The first-order valence-electron chi connectivity index (χ1n) is 8.38. The zero-order valence-electron chi connectivity index (χ0n) is 15.0. The van der Waals surface area contributed by atoms with Gasteiger partial charge in [-0.2, -0.15) is 0 Å². The first-order valence-corrected chi connectivity index (χ1v) is 9.87. The first kappa shape index (κ1) is 18.8. The predicted molar refractivity (Wildman–Crippen MR) is 105 cm³/mol. The molecule has 1 aromatic heterocycles. The standard InChI is InChI=1S/C20H20FN3O2S/c1-14-7-8-15(2)19(11-14)27(25,26)24-20-10-9-17(13-23-20)22-12-16-5-3-4-6-18(16)21/h3-11,13,22H,12H2,1-2H3,(H,23,24). The molecule has 140 valence electrons. The largest absolute Gasteiger partial charge is 0.380 e. The van der Waals surface area contributed by atoms with E-state index in [4.69, 9.17) is 0 Å². The molecule has 0 spiro atoms. The topological polar surface area (TPSA) is 71.1 Å². The molecule has 0 bridgehead atoms. The van der Waals surface area contributed by atoms with Crippen LogP contribution in [0.1, 0.15) is 16.7 Å². The number of hydrogen-bond acceptors (Lipinski definition) is 4. The number of hydrogen-bond donors (Lipinski definition) is 2. The molecule has 0 fully saturated rings. The highest BCUT2D eigenvalue weighted by atomic mass is 32.2. The smallest absolute Gasteiger partial charge is 0.263 e. The molecule has 0 saturated heterocycles. The number of halogens is 1. The Labute approximate surface area is 158 Å². The Morgan fingerprint density at radius 3 is 2.52 bits per heavy atom. The lowest BCUT2D eigenvalue weighted by Crippen LogP contribution is -2.15. The van der Waals surface area contributed by atoms with Crippen LogP contribution in [0.4, 0.5) is 15.9 Å². The van der Waals surface area contributed by atoms with Crippen molar-refractivity contribution in [2.24, 2.45) is 0 Å². The number of sulfonamides is 1. The zero-order valence-corrected chi connectivity index (χ0v) is 15.8. The number of benzene rings is 2. The third-order valence-corrected chi connectivity index (χ3v) is 5.57. The molecule has 0 unspecified atom stereocenters. The van der Waals surface area contributed by atoms with Crippen molar-refractivity contribution in [3.05, 3.63) is 83.3 Å². The van der Waals surface area contributed by atoms with E-state index in [9.17, 15) is 12.8 Å². The van der Waals surface area contributed by atoms with Gasteiger partial charge in [0.1, 0.15) is 11.6 Å². The minimum atomic E-state index is -3.72. The Morgan fingerprint density at radius 1 is 1.04 bits per heavy atom. The molecular formula is C20H20FN3O2S. The fraction of sp³-hybridized carbons (Fsp3) is 0.150. The Balaban J connectivity index is 1.70. The van der Waals surface area contributed by atoms with E-state index in [2.05, 4.69) is 15.0 Å². The van der Waals surface area contributed by atoms with Crippen molar-refractivity contribution in [2.75, 3.05) is 10.0 Å². The fourth-order valence-corrected chi connectivity index (χ4v) is 3.93. The van der Waals surface area contributed by atoms with Crippen molar-refractivity contribution in [2.45, 2.75) is 25.3 Å². The number of pyridine rings is 1. The van der Waals surface area contributed by atoms with Gasteiger partial charge in [-0.15, -0.1) is 0 Å². The molecule has 0 saturated carbocycles. The van der Waals surface area contributed by atoms with Gasteiger partial charge in [0.15, 0.2) is 0 Å². The van der Waals surface area contributed by atoms with Gasteiger partial charge >= 0.3 is 0 Å². The van der Waals surface area contributed by atoms with Crippen LogP contribution >= 0.6 is 0 Å². The fourth-order valence-electron chi connectivity index (χ4n) is 2.59. The maximum absolute atomic E-state index is 13.6. The lowest BCUT2D eigenvalue weighted by molar-refractivity contribution is 0.600. The quantitative estimate of drug-likeness (QED) is 0.665. The van der Waals surface area contributed by atoms with Crippen LogP contribution in [0.5, 0.6) is 0 Å². The van der Waals surface area contributed by atoms with Crippen LogP contribution in [-0.4, -0.2) is 13.4 Å². The van der Waals surface area contributed by atoms with Gasteiger partial charge in [0.2, 0.25) is 0 Å².